The molecule has 0 radical (unpaired) electrons. The summed E-state index contributed by atoms with van der Waals surface area (Å²) in [6, 6.07) is 2.50. The number of hydrogen-bond acceptors (Lipinski definition) is 3. The number of benzene rings is 1. The average Bonchev–Trinajstić information content (AvgIpc) is 2.24. The molecule has 0 heterocycles. The van der Waals surface area contributed by atoms with Gasteiger partial charge in [0.05, 0.1) is 10.5 Å². The normalized spacial score (nSPS) is 12.9. The Labute approximate surface area is 128 Å². The van der Waals surface area contributed by atoms with E-state index in [9.17, 15) is 21.6 Å². The summed E-state index contributed by atoms with van der Waals surface area (Å²) in [4.78, 5) is -0.185. The van der Waals surface area contributed by atoms with Crippen molar-refractivity contribution in [3.8, 4) is 0 Å². The van der Waals surface area contributed by atoms with E-state index in [1.54, 1.807) is 13.8 Å². The molecule has 0 aliphatic rings. The summed E-state index contributed by atoms with van der Waals surface area (Å²) in [6.45, 7) is 4.57. The topological polar surface area (TPSA) is 72.2 Å². The molecule has 0 atom stereocenters. The molecule has 0 unspecified atom stereocenters. The lowest BCUT2D eigenvalue weighted by Crippen LogP contribution is -2.45. The Balaban J connectivity index is 0.00000400. The van der Waals surface area contributed by atoms with Crippen molar-refractivity contribution in [2.45, 2.75) is 37.4 Å². The van der Waals surface area contributed by atoms with E-state index in [1.807, 2.05) is 0 Å². The third-order valence-corrected chi connectivity index (χ3v) is 4.07. The summed E-state index contributed by atoms with van der Waals surface area (Å²) in [6.07, 6.45) is -4.50. The molecular weight excluding hydrogens is 329 g/mol. The maximum absolute atomic E-state index is 12.5. The van der Waals surface area contributed by atoms with E-state index in [2.05, 4.69) is 4.72 Å². The molecule has 0 spiro atoms. The highest BCUT2D eigenvalue weighted by Crippen LogP contribution is 2.31. The van der Waals surface area contributed by atoms with Gasteiger partial charge in [-0.15, -0.1) is 12.4 Å². The van der Waals surface area contributed by atoms with Crippen LogP contribution in [0.5, 0.6) is 0 Å². The van der Waals surface area contributed by atoms with E-state index >= 15 is 0 Å². The van der Waals surface area contributed by atoms with Gasteiger partial charge >= 0.3 is 6.18 Å². The molecule has 0 saturated carbocycles. The fourth-order valence-electron chi connectivity index (χ4n) is 1.49. The van der Waals surface area contributed by atoms with Crippen molar-refractivity contribution in [3.63, 3.8) is 0 Å². The zero-order valence-electron chi connectivity index (χ0n) is 11.8. The van der Waals surface area contributed by atoms with Crippen molar-refractivity contribution in [1.82, 2.24) is 4.72 Å². The number of sulfonamides is 1. The van der Waals surface area contributed by atoms with Gasteiger partial charge in [0.1, 0.15) is 0 Å². The lowest BCUT2D eigenvalue weighted by molar-refractivity contribution is -0.137. The maximum atomic E-state index is 12.5. The Kier molecular flexibility index (Phi) is 6.26. The molecular formula is C12H18ClF3N2O2S. The molecule has 3 N–H and O–H groups in total. The van der Waals surface area contributed by atoms with Gasteiger partial charge in [-0.25, -0.2) is 13.1 Å². The van der Waals surface area contributed by atoms with Crippen molar-refractivity contribution in [2.75, 3.05) is 6.54 Å². The second-order valence-electron chi connectivity index (χ2n) is 5.29. The Morgan fingerprint density at radius 3 is 2.14 bits per heavy atom. The van der Waals surface area contributed by atoms with E-state index in [1.165, 1.54) is 6.92 Å². The van der Waals surface area contributed by atoms with Crippen molar-refractivity contribution in [3.05, 3.63) is 29.3 Å². The first-order valence-corrected chi connectivity index (χ1v) is 7.28. The zero-order valence-corrected chi connectivity index (χ0v) is 13.4. The van der Waals surface area contributed by atoms with Crippen LogP contribution in [0.2, 0.25) is 0 Å². The van der Waals surface area contributed by atoms with E-state index < -0.39 is 27.3 Å². The number of nitrogens with two attached hydrogens (primary N) is 1. The molecule has 9 heteroatoms. The molecule has 1 rings (SSSR count). The third kappa shape index (κ3) is 5.82. The number of alkyl halides is 3. The molecule has 21 heavy (non-hydrogen) atoms. The van der Waals surface area contributed by atoms with Gasteiger partial charge in [-0.1, -0.05) is 0 Å². The molecule has 122 valence electrons. The summed E-state index contributed by atoms with van der Waals surface area (Å²) < 4.78 is 63.9. The minimum Gasteiger partial charge on any atom is -0.324 e. The highest BCUT2D eigenvalue weighted by atomic mass is 35.5. The van der Waals surface area contributed by atoms with Gasteiger partial charge in [-0.05, 0) is 44.5 Å². The number of halogens is 4. The largest absolute Gasteiger partial charge is 0.416 e. The Hall–Kier alpha value is -0.830. The molecule has 0 amide bonds. The zero-order chi connectivity index (χ0) is 15.8. The first-order valence-electron chi connectivity index (χ1n) is 5.79. The molecule has 0 aliphatic heterocycles. The molecule has 0 fully saturated rings. The standard InChI is InChI=1S/C12H17F3N2O2S.ClH/c1-8-6-9(12(13,14)15)4-5-10(8)20(18,19)17-7-11(2,3)16;/h4-6,17H,7,16H2,1-3H3;1H. The van der Waals surface area contributed by atoms with Gasteiger partial charge in [0, 0.05) is 12.1 Å². The van der Waals surface area contributed by atoms with Crippen LogP contribution < -0.4 is 10.5 Å². The lowest BCUT2D eigenvalue weighted by Gasteiger charge is -2.19. The summed E-state index contributed by atoms with van der Waals surface area (Å²) in [5.74, 6) is 0. The van der Waals surface area contributed by atoms with Crippen LogP contribution in [0, 0.1) is 6.92 Å². The van der Waals surface area contributed by atoms with E-state index in [0.29, 0.717) is 0 Å². The van der Waals surface area contributed by atoms with Gasteiger partial charge in [0.2, 0.25) is 10.0 Å². The Morgan fingerprint density at radius 2 is 1.76 bits per heavy atom. The van der Waals surface area contributed by atoms with Crippen molar-refractivity contribution < 1.29 is 21.6 Å². The van der Waals surface area contributed by atoms with Crippen molar-refractivity contribution in [1.29, 1.82) is 0 Å². The van der Waals surface area contributed by atoms with Gasteiger partial charge in [-0.3, -0.25) is 0 Å². The predicted molar refractivity (Wildman–Crippen MR) is 76.9 cm³/mol. The van der Waals surface area contributed by atoms with Crippen LogP contribution >= 0.6 is 12.4 Å². The van der Waals surface area contributed by atoms with E-state index in [4.69, 9.17) is 5.73 Å². The predicted octanol–water partition coefficient (Wildman–Crippen LogP) is 2.45. The quantitative estimate of drug-likeness (QED) is 0.879. The molecule has 4 nitrogen and oxygen atoms in total. The van der Waals surface area contributed by atoms with Crippen LogP contribution in [0.3, 0.4) is 0 Å². The summed E-state index contributed by atoms with van der Waals surface area (Å²) in [7, 11) is -3.88. The van der Waals surface area contributed by atoms with E-state index in [0.717, 1.165) is 18.2 Å². The number of rotatable bonds is 4. The van der Waals surface area contributed by atoms with Crippen LogP contribution in [0.25, 0.3) is 0 Å². The average molecular weight is 347 g/mol. The minimum atomic E-state index is -4.50. The van der Waals surface area contributed by atoms with Crippen molar-refractivity contribution >= 4 is 22.4 Å². The second-order valence-corrected chi connectivity index (χ2v) is 7.03. The van der Waals surface area contributed by atoms with Crippen LogP contribution in [-0.2, 0) is 16.2 Å². The molecule has 0 saturated heterocycles. The van der Waals surface area contributed by atoms with Gasteiger partial charge in [0.25, 0.3) is 0 Å². The van der Waals surface area contributed by atoms with Crippen LogP contribution in [0.4, 0.5) is 13.2 Å². The first kappa shape index (κ1) is 20.2. The summed E-state index contributed by atoms with van der Waals surface area (Å²) in [5.41, 5.74) is 4.06. The van der Waals surface area contributed by atoms with Gasteiger partial charge in [-0.2, -0.15) is 13.2 Å². The Morgan fingerprint density at radius 1 is 1.24 bits per heavy atom. The second kappa shape index (κ2) is 6.51. The number of aryl methyl sites for hydroxylation is 1. The van der Waals surface area contributed by atoms with Crippen molar-refractivity contribution in [2.24, 2.45) is 5.73 Å². The Bertz CT molecular complexity index is 596. The molecule has 0 aromatic heterocycles. The summed E-state index contributed by atoms with van der Waals surface area (Å²) >= 11 is 0. The minimum absolute atomic E-state index is 0. The lowest BCUT2D eigenvalue weighted by atomic mass is 10.1. The SMILES string of the molecule is Cc1cc(C(F)(F)F)ccc1S(=O)(=O)NCC(C)(C)N.Cl. The first-order chi connectivity index (χ1) is 8.83. The number of nitrogens with one attached hydrogen (secondary N) is 1. The smallest absolute Gasteiger partial charge is 0.324 e. The fraction of sp³-hybridized carbons (Fsp3) is 0.500. The fourth-order valence-corrected chi connectivity index (χ4v) is 2.93. The monoisotopic (exact) mass is 346 g/mol. The van der Waals surface area contributed by atoms with E-state index in [-0.39, 0.29) is 29.4 Å². The van der Waals surface area contributed by atoms with Crippen LogP contribution in [-0.4, -0.2) is 20.5 Å². The van der Waals surface area contributed by atoms with Crippen LogP contribution in [0.15, 0.2) is 23.1 Å². The maximum Gasteiger partial charge on any atom is 0.416 e. The summed E-state index contributed by atoms with van der Waals surface area (Å²) in [5, 5.41) is 0. The van der Waals surface area contributed by atoms with Gasteiger partial charge < -0.3 is 5.73 Å². The van der Waals surface area contributed by atoms with Crippen LogP contribution in [0.1, 0.15) is 25.0 Å². The highest BCUT2D eigenvalue weighted by molar-refractivity contribution is 7.89. The molecule has 1 aromatic rings. The highest BCUT2D eigenvalue weighted by Gasteiger charge is 2.31. The molecule has 1 aromatic carbocycles. The molecule has 0 aliphatic carbocycles. The van der Waals surface area contributed by atoms with Gasteiger partial charge in [0.15, 0.2) is 0 Å². The third-order valence-electron chi connectivity index (χ3n) is 2.51. The number of hydrogen-bond donors (Lipinski definition) is 2. The molecule has 0 bridgehead atoms.